The van der Waals surface area contributed by atoms with E-state index in [0.29, 0.717) is 88.7 Å². The second-order valence-electron chi connectivity index (χ2n) is 35.6. The molecule has 4 fully saturated rings. The highest BCUT2D eigenvalue weighted by Crippen LogP contribution is 2.45. The molecule has 16 rings (SSSR count). The van der Waals surface area contributed by atoms with Crippen LogP contribution in [0.25, 0.3) is 44.9 Å². The first kappa shape index (κ1) is 109. The van der Waals surface area contributed by atoms with E-state index < -0.39 is 148 Å². The standard InChI is InChI=1S/C27H29F2N3O4S.C26H24BrF2N5O2.C25H23BrF4N4O3.C24H23F2IN4O3/c1-15(18-9-20(28)13-22(10-18)37(2,35)36)32-27(34)23-8-5-17(12-25(23)29)24-11-19(14-31-26(24)30)16-3-6-21(33)7-4-16;27-18-7-17(8-19(28)10-18)23(13-35)34-26(36)20-6-5-16(9-21(20)29)24-25(31)32-12-22(33-24)15-3-1-14(11-30)2-4-15;26-15-5-14(6-16(27)8-15)20(11-35)34-24(37)17-3-1-12(7-18(17)28)22-23(31)32-10-19(33-22)13-2-4-21(36)25(29,30)9-13;25-15-5-14(6-16(27)9-15)21(11-32)31-24(34)18-4-2-13(8-19(18)26)22-23(28)29-10-20(30-22)12-1-3-17(33)7-12/h5,8-16,21,33H,3-4,6-7H2,1-2H3,(H2,30,31)(H,32,34);5-10,12,14-15,23,35H,1-4,13H2,(H2,31,32)(H,34,36);1,3,5-8,10,13,20-21,35-36H,2,4,9,11H2,(H2,31,32)(H,34,37);2,4-6,8-10,12,17,21,32-33H,1,3,7,11H2,(H2,28,29)(H,31,34)/t15-,16?,21?;14?,15?,23-;13-,20+,21-;12-,17-,21+/m1100/s1. The van der Waals surface area contributed by atoms with Crippen molar-refractivity contribution in [1.82, 2.24) is 56.2 Å². The number of nitrogens with zero attached hydrogens (tertiary/aromatic N) is 8. The maximum Gasteiger partial charge on any atom is 0.274 e. The van der Waals surface area contributed by atoms with Gasteiger partial charge in [0.1, 0.15) is 93.0 Å². The van der Waals surface area contributed by atoms with Crippen LogP contribution < -0.4 is 44.2 Å². The number of nitriles is 1. The van der Waals surface area contributed by atoms with Crippen LogP contribution in [0.5, 0.6) is 0 Å². The Morgan fingerprint density at radius 2 is 0.826 bits per heavy atom. The number of halogens is 13. The number of rotatable bonds is 24. The summed E-state index contributed by atoms with van der Waals surface area (Å²) < 4.78 is 168. The van der Waals surface area contributed by atoms with Gasteiger partial charge >= 0.3 is 0 Å². The molecule has 4 aliphatic carbocycles. The summed E-state index contributed by atoms with van der Waals surface area (Å²) in [6, 6.07) is 31.6. The number of pyridine rings is 1. The van der Waals surface area contributed by atoms with Crippen molar-refractivity contribution in [3.05, 3.63) is 303 Å². The van der Waals surface area contributed by atoms with Gasteiger partial charge in [-0.2, -0.15) is 5.26 Å². The molecule has 28 nitrogen and oxygen atoms in total. The molecule has 144 heavy (non-hydrogen) atoms. The highest BCUT2D eigenvalue weighted by Gasteiger charge is 2.45. The number of carbonyl (C=O) groups excluding carboxylic acids is 4. The van der Waals surface area contributed by atoms with Crippen LogP contribution in [0.1, 0.15) is 231 Å². The van der Waals surface area contributed by atoms with Gasteiger partial charge in [-0.05, 0) is 280 Å². The molecule has 4 saturated carbocycles. The summed E-state index contributed by atoms with van der Waals surface area (Å²) in [7, 11) is -3.66. The maximum atomic E-state index is 15.1. The molecule has 0 bridgehead atoms. The Morgan fingerprint density at radius 1 is 0.451 bits per heavy atom. The number of aromatic nitrogens is 7. The lowest BCUT2D eigenvalue weighted by atomic mass is 9.81. The van der Waals surface area contributed by atoms with Gasteiger partial charge < -0.3 is 74.8 Å². The van der Waals surface area contributed by atoms with Crippen LogP contribution in [0.4, 0.5) is 67.2 Å². The van der Waals surface area contributed by atoms with Crippen molar-refractivity contribution in [2.75, 3.05) is 49.0 Å². The number of hydrogen-bond acceptors (Lipinski definition) is 24. The van der Waals surface area contributed by atoms with E-state index in [-0.39, 0.29) is 127 Å². The summed E-state index contributed by atoms with van der Waals surface area (Å²) in [5, 5.41) is 77.5. The van der Waals surface area contributed by atoms with E-state index >= 15 is 8.78 Å². The van der Waals surface area contributed by atoms with Crippen molar-refractivity contribution >= 4 is 111 Å². The molecule has 0 unspecified atom stereocenters. The lowest BCUT2D eigenvalue weighted by molar-refractivity contribution is -0.136. The van der Waals surface area contributed by atoms with E-state index in [0.717, 1.165) is 92.8 Å². The summed E-state index contributed by atoms with van der Waals surface area (Å²) in [5.74, 6) is -11.8. The Hall–Kier alpha value is -12.6. The smallest absolute Gasteiger partial charge is 0.274 e. The number of anilines is 4. The molecule has 4 aromatic heterocycles. The van der Waals surface area contributed by atoms with E-state index in [1.807, 2.05) is 28.7 Å². The van der Waals surface area contributed by atoms with Gasteiger partial charge in [0.2, 0.25) is 0 Å². The summed E-state index contributed by atoms with van der Waals surface area (Å²) in [6.07, 6.45) is 12.7. The molecule has 8 atom stereocenters. The zero-order valence-corrected chi connectivity index (χ0v) is 83.2. The van der Waals surface area contributed by atoms with Crippen molar-refractivity contribution in [1.29, 1.82) is 5.26 Å². The largest absolute Gasteiger partial charge is 0.394 e. The van der Waals surface area contributed by atoms with E-state index in [2.05, 4.69) is 94.1 Å². The van der Waals surface area contributed by atoms with Crippen molar-refractivity contribution in [2.24, 2.45) is 5.92 Å². The normalized spacial score (nSPS) is 18.9. The number of aliphatic hydroxyl groups excluding tert-OH is 6. The van der Waals surface area contributed by atoms with E-state index in [9.17, 15) is 93.4 Å². The van der Waals surface area contributed by atoms with E-state index in [1.165, 1.54) is 103 Å². The van der Waals surface area contributed by atoms with Crippen LogP contribution in [0.2, 0.25) is 0 Å². The van der Waals surface area contributed by atoms with Gasteiger partial charge in [-0.3, -0.25) is 19.2 Å². The molecule has 4 amide bonds. The van der Waals surface area contributed by atoms with Crippen molar-refractivity contribution in [3.8, 4) is 51.0 Å². The number of nitrogens with two attached hydrogens (primary N) is 4. The average Bonchev–Trinajstić information content (AvgIpc) is 1.17. The first-order chi connectivity index (χ1) is 68.4. The molecular weight excluding hydrogens is 2150 g/mol. The van der Waals surface area contributed by atoms with E-state index in [4.69, 9.17) is 28.2 Å². The topological polar surface area (TPSA) is 490 Å². The number of carbonyl (C=O) groups is 4. The van der Waals surface area contributed by atoms with Crippen molar-refractivity contribution < 1.29 is 102 Å². The first-order valence-electron chi connectivity index (χ1n) is 45.5. The van der Waals surface area contributed by atoms with Crippen LogP contribution in [-0.2, 0) is 9.84 Å². The molecule has 0 radical (unpaired) electrons. The SMILES string of the molecule is C[C@@H](NC(=O)c1ccc(-c2cc(C3CCC(O)CC3)cnc2N)cc1F)c1cc(F)cc(S(C)(=O)=O)c1.N#CC1CCC(c2cnc(N)c(-c3ccc(C(=O)N[C@H](CO)c4cc(F)cc(Br)c4)c(F)c3)n2)CC1.Nc1ncc([C@H]2CC[C@H](O)C(F)(F)C2)nc1-c1ccc(C(=O)N[C@H](CO)c2cc(F)cc(Br)c2)c(F)c1.Nc1ncc([C@H]2CC[C@H](O)C2)nc1-c1ccc(C(=O)N[C@H](CO)c2cc(F)cc(I)c2)c(F)c1. The average molecular weight is 2250 g/mol. The molecular formula is C102H99Br2F10IN16O12S. The number of amides is 4. The maximum absolute atomic E-state index is 15.1. The van der Waals surface area contributed by atoms with E-state index in [1.54, 1.807) is 43.7 Å². The van der Waals surface area contributed by atoms with Gasteiger partial charge in [0, 0.05) is 77.3 Å². The molecule has 4 aliphatic rings. The predicted octanol–water partition coefficient (Wildman–Crippen LogP) is 17.7. The molecule has 4 heterocycles. The summed E-state index contributed by atoms with van der Waals surface area (Å²) in [4.78, 5) is 81.1. The first-order valence-corrected chi connectivity index (χ1v) is 50.1. The van der Waals surface area contributed by atoms with Gasteiger partial charge in [-0.1, -0.05) is 56.1 Å². The summed E-state index contributed by atoms with van der Waals surface area (Å²) >= 11 is 8.25. The number of benzene rings is 8. The fourth-order valence-electron chi connectivity index (χ4n) is 17.5. The predicted molar refractivity (Wildman–Crippen MR) is 532 cm³/mol. The third kappa shape index (κ3) is 27.5. The lowest BCUT2D eigenvalue weighted by Gasteiger charge is -2.32. The number of nitrogen functional groups attached to an aromatic ring is 4. The highest BCUT2D eigenvalue weighted by molar-refractivity contribution is 14.1. The Balaban J connectivity index is 0.000000161. The second kappa shape index (κ2) is 48.0. The van der Waals surface area contributed by atoms with Gasteiger partial charge in [-0.25, -0.2) is 87.2 Å². The van der Waals surface area contributed by atoms with Crippen molar-refractivity contribution in [2.45, 2.75) is 174 Å². The quantitative estimate of drug-likeness (QED) is 0.0197. The fourth-order valence-corrected chi connectivity index (χ4v) is 19.8. The van der Waals surface area contributed by atoms with Crippen LogP contribution in [0.15, 0.2) is 190 Å². The summed E-state index contributed by atoms with van der Waals surface area (Å²) in [6.45, 7) is 0.000902. The Bertz CT molecular complexity index is 6880. The zero-order valence-electron chi connectivity index (χ0n) is 77.0. The number of hydrogen-bond donors (Lipinski definition) is 14. The number of aliphatic hydroxyl groups is 6. The minimum atomic E-state index is -3.66. The number of alkyl halides is 2. The fraction of sp³-hybridized carbons (Fsp3) is 0.314. The molecule has 8 aromatic carbocycles. The molecule has 42 heteroatoms. The Morgan fingerprint density at radius 3 is 1.24 bits per heavy atom. The molecule has 18 N–H and O–H groups in total. The highest BCUT2D eigenvalue weighted by atomic mass is 127. The number of sulfone groups is 1. The molecule has 0 saturated heterocycles. The van der Waals surface area contributed by atoms with Gasteiger partial charge in [0.25, 0.3) is 29.6 Å². The molecule has 12 aromatic rings. The van der Waals surface area contributed by atoms with Crippen molar-refractivity contribution in [3.63, 3.8) is 0 Å². The van der Waals surface area contributed by atoms with Crippen LogP contribution in [-0.4, -0.2) is 148 Å². The molecule has 0 aliphatic heterocycles. The minimum Gasteiger partial charge on any atom is -0.394 e. The third-order valence-corrected chi connectivity index (χ3v) is 28.0. The lowest BCUT2D eigenvalue weighted by Crippen LogP contribution is -2.39. The molecule has 756 valence electrons. The van der Waals surface area contributed by atoms with Gasteiger partial charge in [0.15, 0.2) is 9.84 Å². The monoisotopic (exact) mass is 2250 g/mol. The summed E-state index contributed by atoms with van der Waals surface area (Å²) in [5.41, 5.74) is 29.4. The van der Waals surface area contributed by atoms with Gasteiger partial charge in [0.05, 0.1) is 125 Å². The zero-order chi connectivity index (χ0) is 104. The second-order valence-corrected chi connectivity index (χ2v) is 40.7. The Labute approximate surface area is 851 Å². The van der Waals surface area contributed by atoms with Crippen LogP contribution in [0.3, 0.4) is 0 Å². The molecule has 0 spiro atoms. The van der Waals surface area contributed by atoms with Gasteiger partial charge in [-0.15, -0.1) is 0 Å². The Kier molecular flexibility index (Phi) is 36.2. The van der Waals surface area contributed by atoms with Crippen LogP contribution in [0, 0.1) is 67.4 Å². The number of nitrogens with one attached hydrogen (secondary N) is 4. The van der Waals surface area contributed by atoms with Crippen LogP contribution >= 0.6 is 54.5 Å². The third-order valence-electron chi connectivity index (χ3n) is 25.4. The minimum absolute atomic E-state index is 0.0537.